The fourth-order valence-corrected chi connectivity index (χ4v) is 3.08. The maximum absolute atomic E-state index is 5.96. The molecule has 0 bridgehead atoms. The van der Waals surface area contributed by atoms with Gasteiger partial charge in [-0.25, -0.2) is 0 Å². The van der Waals surface area contributed by atoms with Crippen LogP contribution < -0.4 is 16.0 Å². The highest BCUT2D eigenvalue weighted by atomic mass is 15.2. The van der Waals surface area contributed by atoms with Crippen molar-refractivity contribution in [1.82, 2.24) is 4.90 Å². The Morgan fingerprint density at radius 2 is 1.87 bits per heavy atom. The number of anilines is 3. The predicted molar refractivity (Wildman–Crippen MR) is 98.9 cm³/mol. The topological polar surface area (TPSA) is 44.5 Å². The summed E-state index contributed by atoms with van der Waals surface area (Å²) in [6.07, 6.45) is 1.24. The predicted octanol–water partition coefficient (Wildman–Crippen LogP) is 3.02. The standard InChI is InChI=1S/C19H26N4/c1-22(2)17-11-12-23(14-17)16-9-7-15(8-10-16)13-21-19-6-4-3-5-18(19)20/h3-10,17,21H,11-14,20H2,1-2H3/t17-/m0/s1. The average Bonchev–Trinajstić information content (AvgIpc) is 3.05. The van der Waals surface area contributed by atoms with Gasteiger partial charge in [-0.1, -0.05) is 24.3 Å². The molecule has 1 fully saturated rings. The minimum Gasteiger partial charge on any atom is -0.397 e. The third-order valence-corrected chi connectivity index (χ3v) is 4.64. The van der Waals surface area contributed by atoms with Crippen molar-refractivity contribution >= 4 is 17.1 Å². The molecule has 1 aliphatic heterocycles. The summed E-state index contributed by atoms with van der Waals surface area (Å²) >= 11 is 0. The molecule has 1 aliphatic rings. The first-order valence-corrected chi connectivity index (χ1v) is 8.22. The SMILES string of the molecule is CN(C)[C@H]1CCN(c2ccc(CNc3ccccc3N)cc2)C1. The summed E-state index contributed by atoms with van der Waals surface area (Å²) in [5.74, 6) is 0. The third-order valence-electron chi connectivity index (χ3n) is 4.64. The van der Waals surface area contributed by atoms with Crippen LogP contribution in [0.15, 0.2) is 48.5 Å². The summed E-state index contributed by atoms with van der Waals surface area (Å²) < 4.78 is 0. The second-order valence-corrected chi connectivity index (χ2v) is 6.46. The van der Waals surface area contributed by atoms with Gasteiger partial charge in [-0.2, -0.15) is 0 Å². The molecule has 0 radical (unpaired) electrons. The van der Waals surface area contributed by atoms with Gasteiger partial charge in [0, 0.05) is 31.4 Å². The van der Waals surface area contributed by atoms with Crippen molar-refractivity contribution in [2.45, 2.75) is 19.0 Å². The van der Waals surface area contributed by atoms with Crippen molar-refractivity contribution in [3.8, 4) is 0 Å². The van der Waals surface area contributed by atoms with E-state index in [1.54, 1.807) is 0 Å². The molecule has 23 heavy (non-hydrogen) atoms. The fourth-order valence-electron chi connectivity index (χ4n) is 3.08. The molecular formula is C19H26N4. The van der Waals surface area contributed by atoms with Crippen LogP contribution >= 0.6 is 0 Å². The molecule has 1 heterocycles. The molecule has 0 aromatic heterocycles. The van der Waals surface area contributed by atoms with Gasteiger partial charge in [0.25, 0.3) is 0 Å². The van der Waals surface area contributed by atoms with Crippen LogP contribution in [0.3, 0.4) is 0 Å². The van der Waals surface area contributed by atoms with Gasteiger partial charge in [-0.3, -0.25) is 0 Å². The summed E-state index contributed by atoms with van der Waals surface area (Å²) in [5, 5.41) is 3.39. The van der Waals surface area contributed by atoms with Gasteiger partial charge < -0.3 is 20.9 Å². The molecule has 0 aliphatic carbocycles. The summed E-state index contributed by atoms with van der Waals surface area (Å²) in [5.41, 5.74) is 10.3. The fraction of sp³-hybridized carbons (Fsp3) is 0.368. The molecule has 3 rings (SSSR count). The molecule has 122 valence electrons. The van der Waals surface area contributed by atoms with E-state index in [1.807, 2.05) is 24.3 Å². The number of rotatable bonds is 5. The van der Waals surface area contributed by atoms with Gasteiger partial charge in [-0.05, 0) is 50.3 Å². The smallest absolute Gasteiger partial charge is 0.0576 e. The molecule has 3 N–H and O–H groups in total. The first-order valence-electron chi connectivity index (χ1n) is 8.22. The molecular weight excluding hydrogens is 284 g/mol. The number of likely N-dealkylation sites (N-methyl/N-ethyl adjacent to an activating group) is 1. The summed E-state index contributed by atoms with van der Waals surface area (Å²) in [7, 11) is 4.33. The zero-order valence-electron chi connectivity index (χ0n) is 14.0. The molecule has 0 spiro atoms. The van der Waals surface area contributed by atoms with Crippen molar-refractivity contribution in [3.63, 3.8) is 0 Å². The van der Waals surface area contributed by atoms with Gasteiger partial charge in [-0.15, -0.1) is 0 Å². The van der Waals surface area contributed by atoms with Crippen molar-refractivity contribution in [1.29, 1.82) is 0 Å². The van der Waals surface area contributed by atoms with E-state index in [2.05, 4.69) is 53.5 Å². The van der Waals surface area contributed by atoms with Crippen LogP contribution in [-0.2, 0) is 6.54 Å². The molecule has 0 saturated carbocycles. The van der Waals surface area contributed by atoms with E-state index in [0.717, 1.165) is 31.0 Å². The maximum Gasteiger partial charge on any atom is 0.0576 e. The van der Waals surface area contributed by atoms with Crippen LogP contribution in [0.4, 0.5) is 17.1 Å². The van der Waals surface area contributed by atoms with Crippen LogP contribution in [-0.4, -0.2) is 38.1 Å². The molecule has 1 saturated heterocycles. The van der Waals surface area contributed by atoms with Gasteiger partial charge in [0.1, 0.15) is 0 Å². The van der Waals surface area contributed by atoms with E-state index in [1.165, 1.54) is 17.7 Å². The molecule has 0 amide bonds. The van der Waals surface area contributed by atoms with Crippen molar-refractivity contribution in [2.75, 3.05) is 43.1 Å². The summed E-state index contributed by atoms with van der Waals surface area (Å²) in [4.78, 5) is 4.79. The highest BCUT2D eigenvalue weighted by Crippen LogP contribution is 2.23. The Kier molecular flexibility index (Phi) is 4.72. The Morgan fingerprint density at radius 3 is 2.52 bits per heavy atom. The van der Waals surface area contributed by atoms with E-state index in [-0.39, 0.29) is 0 Å². The number of benzene rings is 2. The number of nitrogens with zero attached hydrogens (tertiary/aromatic N) is 2. The zero-order chi connectivity index (χ0) is 16.2. The van der Waals surface area contributed by atoms with Gasteiger partial charge in [0.15, 0.2) is 0 Å². The molecule has 1 atom stereocenters. The number of para-hydroxylation sites is 2. The molecule has 2 aromatic rings. The van der Waals surface area contributed by atoms with E-state index in [0.29, 0.717) is 6.04 Å². The summed E-state index contributed by atoms with van der Waals surface area (Å²) in [6, 6.07) is 17.4. The Morgan fingerprint density at radius 1 is 1.13 bits per heavy atom. The Balaban J connectivity index is 1.58. The van der Waals surface area contributed by atoms with Crippen LogP contribution in [0, 0.1) is 0 Å². The molecule has 2 aromatic carbocycles. The van der Waals surface area contributed by atoms with E-state index < -0.39 is 0 Å². The minimum atomic E-state index is 0.664. The lowest BCUT2D eigenvalue weighted by Gasteiger charge is -2.22. The average molecular weight is 310 g/mol. The lowest BCUT2D eigenvalue weighted by molar-refractivity contribution is 0.315. The number of hydrogen-bond acceptors (Lipinski definition) is 4. The summed E-state index contributed by atoms with van der Waals surface area (Å²) in [6.45, 7) is 3.04. The Labute approximate surface area is 138 Å². The number of hydrogen-bond donors (Lipinski definition) is 2. The highest BCUT2D eigenvalue weighted by Gasteiger charge is 2.23. The van der Waals surface area contributed by atoms with Crippen LogP contribution in [0.1, 0.15) is 12.0 Å². The first-order chi connectivity index (χ1) is 11.1. The highest BCUT2D eigenvalue weighted by molar-refractivity contribution is 5.65. The maximum atomic E-state index is 5.96. The van der Waals surface area contributed by atoms with E-state index >= 15 is 0 Å². The van der Waals surface area contributed by atoms with Gasteiger partial charge in [0.2, 0.25) is 0 Å². The van der Waals surface area contributed by atoms with Crippen molar-refractivity contribution < 1.29 is 0 Å². The van der Waals surface area contributed by atoms with Gasteiger partial charge in [0.05, 0.1) is 11.4 Å². The van der Waals surface area contributed by atoms with Crippen LogP contribution in [0.25, 0.3) is 0 Å². The monoisotopic (exact) mass is 310 g/mol. The normalized spacial score (nSPS) is 17.7. The third kappa shape index (κ3) is 3.77. The van der Waals surface area contributed by atoms with E-state index in [4.69, 9.17) is 5.73 Å². The number of nitrogens with one attached hydrogen (secondary N) is 1. The lowest BCUT2D eigenvalue weighted by atomic mass is 10.2. The second-order valence-electron chi connectivity index (χ2n) is 6.46. The van der Waals surface area contributed by atoms with Crippen LogP contribution in [0.5, 0.6) is 0 Å². The first kappa shape index (κ1) is 15.7. The molecule has 4 nitrogen and oxygen atoms in total. The minimum absolute atomic E-state index is 0.664. The van der Waals surface area contributed by atoms with Crippen molar-refractivity contribution in [3.05, 3.63) is 54.1 Å². The number of nitrogen functional groups attached to an aromatic ring is 1. The van der Waals surface area contributed by atoms with Crippen LogP contribution in [0.2, 0.25) is 0 Å². The largest absolute Gasteiger partial charge is 0.397 e. The lowest BCUT2D eigenvalue weighted by Crippen LogP contribution is -2.31. The zero-order valence-corrected chi connectivity index (χ0v) is 14.0. The Bertz CT molecular complexity index is 636. The number of nitrogens with two attached hydrogens (primary N) is 1. The van der Waals surface area contributed by atoms with Crippen molar-refractivity contribution in [2.24, 2.45) is 0 Å². The quantitative estimate of drug-likeness (QED) is 0.833. The Hall–Kier alpha value is -2.20. The molecule has 0 unspecified atom stereocenters. The van der Waals surface area contributed by atoms with E-state index in [9.17, 15) is 0 Å². The van der Waals surface area contributed by atoms with Gasteiger partial charge >= 0.3 is 0 Å². The molecule has 4 heteroatoms. The second kappa shape index (κ2) is 6.92.